The summed E-state index contributed by atoms with van der Waals surface area (Å²) in [5.41, 5.74) is 1.16. The van der Waals surface area contributed by atoms with Gasteiger partial charge in [-0.1, -0.05) is 0 Å². The lowest BCUT2D eigenvalue weighted by Gasteiger charge is -2.35. The zero-order chi connectivity index (χ0) is 18.7. The molecule has 0 unspecified atom stereocenters. The number of piperazine rings is 1. The number of aromatic nitrogens is 2. The Morgan fingerprint density at radius 3 is 2.19 bits per heavy atom. The number of alkyl halides is 3. The summed E-state index contributed by atoms with van der Waals surface area (Å²) in [5.74, 6) is 0.186. The third kappa shape index (κ3) is 4.41. The molecule has 26 heavy (non-hydrogen) atoms. The van der Waals surface area contributed by atoms with E-state index >= 15 is 0 Å². The van der Waals surface area contributed by atoms with E-state index in [0.29, 0.717) is 31.7 Å². The fraction of sp³-hybridized carbons (Fsp3) is 0.353. The van der Waals surface area contributed by atoms with Crippen LogP contribution in [0, 0.1) is 6.92 Å². The molecule has 2 heterocycles. The van der Waals surface area contributed by atoms with Crippen LogP contribution in [0.4, 0.5) is 19.0 Å². The topological polar surface area (TPSA) is 58.6 Å². The molecule has 0 saturated carbocycles. The van der Waals surface area contributed by atoms with E-state index in [0.717, 1.165) is 23.6 Å². The third-order valence-corrected chi connectivity index (χ3v) is 4.01. The molecule has 0 N–H and O–H groups in total. The molecule has 1 aromatic heterocycles. The summed E-state index contributed by atoms with van der Waals surface area (Å²) in [7, 11) is 0. The van der Waals surface area contributed by atoms with Crippen molar-refractivity contribution >= 4 is 11.7 Å². The van der Waals surface area contributed by atoms with Crippen molar-refractivity contribution in [1.82, 2.24) is 15.1 Å². The molecule has 0 radical (unpaired) electrons. The average Bonchev–Trinajstić information content (AvgIpc) is 2.61. The number of benzene rings is 1. The molecule has 3 rings (SSSR count). The molecule has 9 heteroatoms. The Morgan fingerprint density at radius 1 is 1.00 bits per heavy atom. The number of halogens is 3. The largest absolute Gasteiger partial charge is 0.573 e. The van der Waals surface area contributed by atoms with Gasteiger partial charge in [0.1, 0.15) is 5.75 Å². The Balaban J connectivity index is 1.59. The van der Waals surface area contributed by atoms with Crippen molar-refractivity contribution in [3.8, 4) is 5.75 Å². The van der Waals surface area contributed by atoms with Crippen LogP contribution in [0.15, 0.2) is 36.4 Å². The highest BCUT2D eigenvalue weighted by Crippen LogP contribution is 2.23. The highest BCUT2D eigenvalue weighted by atomic mass is 19.4. The van der Waals surface area contributed by atoms with E-state index in [9.17, 15) is 18.0 Å². The van der Waals surface area contributed by atoms with E-state index in [4.69, 9.17) is 0 Å². The van der Waals surface area contributed by atoms with E-state index < -0.39 is 6.36 Å². The summed E-state index contributed by atoms with van der Waals surface area (Å²) in [5, 5.41) is 8.16. The number of amides is 1. The summed E-state index contributed by atoms with van der Waals surface area (Å²) in [6.07, 6.45) is -4.75. The second-order valence-corrected chi connectivity index (χ2v) is 5.88. The van der Waals surface area contributed by atoms with Gasteiger partial charge in [0.2, 0.25) is 0 Å². The number of rotatable bonds is 3. The van der Waals surface area contributed by atoms with Crippen LogP contribution in [0.25, 0.3) is 0 Å². The molecule has 2 aromatic rings. The lowest BCUT2D eigenvalue weighted by molar-refractivity contribution is -0.274. The Hall–Kier alpha value is -2.84. The molecule has 0 bridgehead atoms. The molecule has 1 fully saturated rings. The van der Waals surface area contributed by atoms with Crippen molar-refractivity contribution in [3.63, 3.8) is 0 Å². The van der Waals surface area contributed by atoms with Gasteiger partial charge in [-0.3, -0.25) is 4.79 Å². The number of anilines is 1. The van der Waals surface area contributed by atoms with E-state index in [1.807, 2.05) is 24.0 Å². The summed E-state index contributed by atoms with van der Waals surface area (Å²) in [4.78, 5) is 16.2. The molecule has 138 valence electrons. The molecule has 1 aromatic carbocycles. The van der Waals surface area contributed by atoms with Gasteiger partial charge in [-0.2, -0.15) is 5.10 Å². The van der Waals surface area contributed by atoms with Crippen LogP contribution in [0.5, 0.6) is 5.75 Å². The predicted octanol–water partition coefficient (Wildman–Crippen LogP) is 2.65. The van der Waals surface area contributed by atoms with Crippen molar-refractivity contribution in [2.45, 2.75) is 13.3 Å². The number of nitrogens with zero attached hydrogens (tertiary/aromatic N) is 4. The quantitative estimate of drug-likeness (QED) is 0.836. The number of hydrogen-bond donors (Lipinski definition) is 0. The minimum Gasteiger partial charge on any atom is -0.406 e. The molecule has 0 spiro atoms. The van der Waals surface area contributed by atoms with Gasteiger partial charge in [0.15, 0.2) is 5.82 Å². The van der Waals surface area contributed by atoms with Gasteiger partial charge in [0.25, 0.3) is 5.91 Å². The van der Waals surface area contributed by atoms with Gasteiger partial charge in [-0.15, -0.1) is 18.3 Å². The summed E-state index contributed by atoms with van der Waals surface area (Å²) < 4.78 is 40.3. The second kappa shape index (κ2) is 7.19. The number of aryl methyl sites for hydroxylation is 1. The Bertz CT molecular complexity index is 755. The van der Waals surface area contributed by atoms with Crippen LogP contribution in [-0.4, -0.2) is 53.5 Å². The fourth-order valence-electron chi connectivity index (χ4n) is 2.68. The van der Waals surface area contributed by atoms with E-state index in [1.54, 1.807) is 4.90 Å². The summed E-state index contributed by atoms with van der Waals surface area (Å²) in [6.45, 7) is 4.07. The first kappa shape index (κ1) is 18.0. The van der Waals surface area contributed by atoms with Crippen molar-refractivity contribution in [2.75, 3.05) is 31.1 Å². The van der Waals surface area contributed by atoms with Gasteiger partial charge in [-0.05, 0) is 43.3 Å². The normalized spacial score (nSPS) is 15.1. The molecular formula is C17H17F3N4O2. The Morgan fingerprint density at radius 2 is 1.65 bits per heavy atom. The smallest absolute Gasteiger partial charge is 0.406 e. The first-order valence-corrected chi connectivity index (χ1v) is 8.02. The first-order valence-electron chi connectivity index (χ1n) is 8.02. The maximum Gasteiger partial charge on any atom is 0.573 e. The predicted molar refractivity (Wildman–Crippen MR) is 88.0 cm³/mol. The van der Waals surface area contributed by atoms with Gasteiger partial charge < -0.3 is 14.5 Å². The minimum absolute atomic E-state index is 0.224. The lowest BCUT2D eigenvalue weighted by Crippen LogP contribution is -2.49. The van der Waals surface area contributed by atoms with Crippen LogP contribution >= 0.6 is 0 Å². The lowest BCUT2D eigenvalue weighted by atomic mass is 10.1. The fourth-order valence-corrected chi connectivity index (χ4v) is 2.68. The number of carbonyl (C=O) groups is 1. The van der Waals surface area contributed by atoms with E-state index in [2.05, 4.69) is 14.9 Å². The Kier molecular flexibility index (Phi) is 4.97. The van der Waals surface area contributed by atoms with E-state index in [-0.39, 0.29) is 11.7 Å². The Labute approximate surface area is 148 Å². The molecule has 1 aliphatic rings. The molecule has 0 atom stereocenters. The SMILES string of the molecule is Cc1ccc(N2CCN(C(=O)c3ccc(OC(F)(F)F)cc3)CC2)nn1. The number of ether oxygens (including phenoxy) is 1. The third-order valence-electron chi connectivity index (χ3n) is 4.01. The minimum atomic E-state index is -4.75. The van der Waals surface area contributed by atoms with Crippen LogP contribution < -0.4 is 9.64 Å². The standard InChI is InChI=1S/C17H17F3N4O2/c1-12-2-7-15(22-21-12)23-8-10-24(11-9-23)16(25)13-3-5-14(6-4-13)26-17(18,19)20/h2-7H,8-11H2,1H3. The van der Waals surface area contributed by atoms with Gasteiger partial charge in [0, 0.05) is 31.7 Å². The first-order chi connectivity index (χ1) is 12.3. The van der Waals surface area contributed by atoms with Gasteiger partial charge in [0.05, 0.1) is 5.69 Å². The van der Waals surface area contributed by atoms with Crippen LogP contribution in [-0.2, 0) is 0 Å². The van der Waals surface area contributed by atoms with Crippen LogP contribution in [0.2, 0.25) is 0 Å². The van der Waals surface area contributed by atoms with Crippen molar-refractivity contribution in [1.29, 1.82) is 0 Å². The zero-order valence-corrected chi connectivity index (χ0v) is 14.0. The molecule has 1 saturated heterocycles. The molecule has 0 aliphatic carbocycles. The second-order valence-electron chi connectivity index (χ2n) is 5.88. The summed E-state index contributed by atoms with van der Waals surface area (Å²) >= 11 is 0. The van der Waals surface area contributed by atoms with Crippen molar-refractivity contribution in [2.24, 2.45) is 0 Å². The molecule has 1 amide bonds. The van der Waals surface area contributed by atoms with Crippen molar-refractivity contribution < 1.29 is 22.7 Å². The maximum absolute atomic E-state index is 12.5. The van der Waals surface area contributed by atoms with Crippen molar-refractivity contribution in [3.05, 3.63) is 47.7 Å². The maximum atomic E-state index is 12.5. The number of carbonyl (C=O) groups excluding carboxylic acids is 1. The monoisotopic (exact) mass is 366 g/mol. The van der Waals surface area contributed by atoms with Gasteiger partial charge >= 0.3 is 6.36 Å². The van der Waals surface area contributed by atoms with Crippen LogP contribution in [0.3, 0.4) is 0 Å². The van der Waals surface area contributed by atoms with Gasteiger partial charge in [-0.25, -0.2) is 0 Å². The molecule has 1 aliphatic heterocycles. The highest BCUT2D eigenvalue weighted by Gasteiger charge is 2.31. The van der Waals surface area contributed by atoms with Crippen LogP contribution in [0.1, 0.15) is 16.1 Å². The molecular weight excluding hydrogens is 349 g/mol. The molecule has 6 nitrogen and oxygen atoms in total. The summed E-state index contributed by atoms with van der Waals surface area (Å²) in [6, 6.07) is 8.71. The van der Waals surface area contributed by atoms with E-state index in [1.165, 1.54) is 12.1 Å². The highest BCUT2D eigenvalue weighted by molar-refractivity contribution is 5.94. The number of hydrogen-bond acceptors (Lipinski definition) is 5. The average molecular weight is 366 g/mol. The zero-order valence-electron chi connectivity index (χ0n) is 14.0.